The Morgan fingerprint density at radius 3 is 2.64 bits per heavy atom. The molecule has 0 aromatic heterocycles. The Morgan fingerprint density at radius 2 is 2.18 bits per heavy atom. The summed E-state index contributed by atoms with van der Waals surface area (Å²) in [5, 5.41) is 9.08. The molecule has 0 saturated carbocycles. The maximum absolute atomic E-state index is 10.4. The molecule has 60 valence electrons. The molecule has 0 heterocycles. The zero-order valence-electron chi connectivity index (χ0n) is 5.90. The van der Waals surface area contributed by atoms with E-state index in [1.165, 1.54) is 12.1 Å². The fourth-order valence-electron chi connectivity index (χ4n) is 0.693. The van der Waals surface area contributed by atoms with E-state index < -0.39 is 11.1 Å². The van der Waals surface area contributed by atoms with Crippen LogP contribution in [0.1, 0.15) is 5.56 Å². The maximum Gasteiger partial charge on any atom is 0.119 e. The van der Waals surface area contributed by atoms with Crippen LogP contribution in [0.25, 0.3) is 0 Å². The second-order valence-corrected chi connectivity index (χ2v) is 3.12. The molecule has 0 amide bonds. The lowest BCUT2D eigenvalue weighted by Crippen LogP contribution is -1.88. The van der Waals surface area contributed by atoms with Crippen molar-refractivity contribution in [2.24, 2.45) is 0 Å². The van der Waals surface area contributed by atoms with Crippen LogP contribution in [0.3, 0.4) is 0 Å². The number of phenolic OH excluding ortho intramolecular Hbond substituents is 1. The van der Waals surface area contributed by atoms with Crippen LogP contribution in [0.15, 0.2) is 23.1 Å². The predicted octanol–water partition coefficient (Wildman–Crippen LogP) is 0.939. The molecule has 1 rings (SSSR count). The summed E-state index contributed by atoms with van der Waals surface area (Å²) < 4.78 is 20.7. The largest absolute Gasteiger partial charge is 0.768 e. The normalized spacial score (nSPS) is 12.9. The smallest absolute Gasteiger partial charge is 0.119 e. The molecular formula is C7H7O3S-. The van der Waals surface area contributed by atoms with Crippen molar-refractivity contribution in [2.75, 3.05) is 0 Å². The van der Waals surface area contributed by atoms with Gasteiger partial charge in [-0.3, -0.25) is 4.21 Å². The number of aryl methyl sites for hydroxylation is 1. The highest BCUT2D eigenvalue weighted by Gasteiger charge is 1.97. The fraction of sp³-hybridized carbons (Fsp3) is 0.143. The van der Waals surface area contributed by atoms with Crippen LogP contribution in [0.5, 0.6) is 5.75 Å². The van der Waals surface area contributed by atoms with Gasteiger partial charge in [0.25, 0.3) is 0 Å². The van der Waals surface area contributed by atoms with Crippen molar-refractivity contribution >= 4 is 11.1 Å². The minimum atomic E-state index is -2.26. The Bertz CT molecular complexity index is 296. The summed E-state index contributed by atoms with van der Waals surface area (Å²) in [7, 11) is 0. The molecule has 0 aliphatic heterocycles. The molecule has 0 radical (unpaired) electrons. The van der Waals surface area contributed by atoms with E-state index in [4.69, 9.17) is 5.11 Å². The monoisotopic (exact) mass is 171 g/mol. The molecule has 1 atom stereocenters. The third kappa shape index (κ3) is 1.78. The van der Waals surface area contributed by atoms with Crippen LogP contribution in [-0.4, -0.2) is 13.9 Å². The van der Waals surface area contributed by atoms with Crippen molar-refractivity contribution in [3.05, 3.63) is 23.8 Å². The molecular weight excluding hydrogens is 164 g/mol. The molecule has 3 nitrogen and oxygen atoms in total. The third-order valence-corrected chi connectivity index (χ3v) is 2.01. The van der Waals surface area contributed by atoms with Crippen LogP contribution in [0.4, 0.5) is 0 Å². The van der Waals surface area contributed by atoms with Gasteiger partial charge >= 0.3 is 0 Å². The Labute approximate surface area is 67.0 Å². The van der Waals surface area contributed by atoms with Gasteiger partial charge in [0.2, 0.25) is 0 Å². The van der Waals surface area contributed by atoms with Crippen molar-refractivity contribution in [3.8, 4) is 5.75 Å². The van der Waals surface area contributed by atoms with Gasteiger partial charge in [0.15, 0.2) is 0 Å². The number of hydrogen-bond donors (Lipinski definition) is 1. The zero-order valence-corrected chi connectivity index (χ0v) is 6.72. The lowest BCUT2D eigenvalue weighted by atomic mass is 10.2. The molecule has 1 aromatic carbocycles. The standard InChI is InChI=1S/C7H8O3S/c1-5-2-3-6(11(9)10)4-7(5)8/h2-4,8H,1H3,(H,9,10)/p-1. The van der Waals surface area contributed by atoms with E-state index in [1.807, 2.05) is 0 Å². The number of aromatic hydroxyl groups is 1. The Hall–Kier alpha value is -0.870. The maximum atomic E-state index is 10.4. The zero-order chi connectivity index (χ0) is 8.43. The van der Waals surface area contributed by atoms with E-state index in [-0.39, 0.29) is 10.6 Å². The molecule has 1 N–H and O–H groups in total. The molecule has 4 heteroatoms. The van der Waals surface area contributed by atoms with Crippen LogP contribution < -0.4 is 0 Å². The highest BCUT2D eigenvalue weighted by Crippen LogP contribution is 2.18. The average molecular weight is 171 g/mol. The Morgan fingerprint density at radius 1 is 1.55 bits per heavy atom. The molecule has 0 aliphatic rings. The van der Waals surface area contributed by atoms with Crippen molar-refractivity contribution in [2.45, 2.75) is 11.8 Å². The van der Waals surface area contributed by atoms with E-state index in [1.54, 1.807) is 13.0 Å². The summed E-state index contributed by atoms with van der Waals surface area (Å²) in [6.45, 7) is 1.70. The van der Waals surface area contributed by atoms with E-state index in [0.717, 1.165) is 0 Å². The summed E-state index contributed by atoms with van der Waals surface area (Å²) >= 11 is -2.26. The van der Waals surface area contributed by atoms with Gasteiger partial charge < -0.3 is 9.66 Å². The molecule has 0 bridgehead atoms. The summed E-state index contributed by atoms with van der Waals surface area (Å²) in [5.41, 5.74) is 0.666. The van der Waals surface area contributed by atoms with E-state index >= 15 is 0 Å². The summed E-state index contributed by atoms with van der Waals surface area (Å²) in [6, 6.07) is 4.22. The first-order valence-electron chi connectivity index (χ1n) is 3.00. The fourth-order valence-corrected chi connectivity index (χ4v) is 1.08. The quantitative estimate of drug-likeness (QED) is 0.639. The first kappa shape index (κ1) is 8.23. The number of hydrogen-bond acceptors (Lipinski definition) is 3. The van der Waals surface area contributed by atoms with Crippen molar-refractivity contribution < 1.29 is 13.9 Å². The first-order chi connectivity index (χ1) is 5.11. The van der Waals surface area contributed by atoms with Gasteiger partial charge in [-0.15, -0.1) is 0 Å². The lowest BCUT2D eigenvalue weighted by Gasteiger charge is -2.05. The number of phenols is 1. The van der Waals surface area contributed by atoms with Crippen molar-refractivity contribution in [3.63, 3.8) is 0 Å². The van der Waals surface area contributed by atoms with Gasteiger partial charge in [-0.1, -0.05) is 6.07 Å². The van der Waals surface area contributed by atoms with Crippen LogP contribution in [0.2, 0.25) is 0 Å². The van der Waals surface area contributed by atoms with Gasteiger partial charge in [-0.25, -0.2) is 0 Å². The topological polar surface area (TPSA) is 60.4 Å². The van der Waals surface area contributed by atoms with E-state index in [9.17, 15) is 8.76 Å². The average Bonchev–Trinajstić information content (AvgIpc) is 1.94. The number of rotatable bonds is 1. The van der Waals surface area contributed by atoms with Crippen LogP contribution >= 0.6 is 0 Å². The van der Waals surface area contributed by atoms with Gasteiger partial charge in [0.1, 0.15) is 5.75 Å². The van der Waals surface area contributed by atoms with Crippen molar-refractivity contribution in [1.29, 1.82) is 0 Å². The highest BCUT2D eigenvalue weighted by atomic mass is 32.2. The van der Waals surface area contributed by atoms with E-state index in [2.05, 4.69) is 0 Å². The third-order valence-electron chi connectivity index (χ3n) is 1.37. The van der Waals surface area contributed by atoms with Crippen molar-refractivity contribution in [1.82, 2.24) is 0 Å². The minimum Gasteiger partial charge on any atom is -0.768 e. The van der Waals surface area contributed by atoms with Gasteiger partial charge in [-0.2, -0.15) is 0 Å². The lowest BCUT2D eigenvalue weighted by molar-refractivity contribution is 0.468. The Balaban J connectivity index is 3.15. The molecule has 0 spiro atoms. The van der Waals surface area contributed by atoms with E-state index in [0.29, 0.717) is 5.56 Å². The molecule has 1 unspecified atom stereocenters. The van der Waals surface area contributed by atoms with Crippen LogP contribution in [-0.2, 0) is 11.1 Å². The van der Waals surface area contributed by atoms with Gasteiger partial charge in [-0.05, 0) is 35.7 Å². The highest BCUT2D eigenvalue weighted by molar-refractivity contribution is 7.79. The Kier molecular flexibility index (Phi) is 2.26. The predicted molar refractivity (Wildman–Crippen MR) is 40.0 cm³/mol. The molecule has 0 fully saturated rings. The SMILES string of the molecule is Cc1ccc(S(=O)[O-])cc1O. The second-order valence-electron chi connectivity index (χ2n) is 2.18. The molecule has 1 aromatic rings. The molecule has 0 saturated heterocycles. The summed E-state index contributed by atoms with van der Waals surface area (Å²) in [5.74, 6) is 0.00620. The summed E-state index contributed by atoms with van der Waals surface area (Å²) in [6.07, 6.45) is 0. The first-order valence-corrected chi connectivity index (χ1v) is 4.07. The molecule has 0 aliphatic carbocycles. The van der Waals surface area contributed by atoms with Gasteiger partial charge in [0.05, 0.1) is 0 Å². The second kappa shape index (κ2) is 3.02. The summed E-state index contributed by atoms with van der Waals surface area (Å²) in [4.78, 5) is 0.105. The minimum absolute atomic E-state index is 0.00620. The molecule has 11 heavy (non-hydrogen) atoms. The van der Waals surface area contributed by atoms with Gasteiger partial charge in [0, 0.05) is 4.90 Å². The van der Waals surface area contributed by atoms with Crippen LogP contribution in [0, 0.1) is 6.92 Å². The number of benzene rings is 1.